The summed E-state index contributed by atoms with van der Waals surface area (Å²) in [6, 6.07) is 0.0882. The van der Waals surface area contributed by atoms with Crippen LogP contribution in [0.3, 0.4) is 0 Å². The molecule has 0 spiro atoms. The molecular formula is C11H20N2O5S2. The Hall–Kier alpha value is -0.480. The number of carboxylic acids is 1. The van der Waals surface area contributed by atoms with Gasteiger partial charge in [-0.1, -0.05) is 21.6 Å². The molecule has 0 aromatic heterocycles. The second kappa shape index (κ2) is 10.3. The highest BCUT2D eigenvalue weighted by Gasteiger charge is 2.24. The third-order valence-corrected chi connectivity index (χ3v) is 5.09. The van der Waals surface area contributed by atoms with E-state index in [-0.39, 0.29) is 30.6 Å². The number of carboxylic acid groups (broad SMARTS) is 1. The monoisotopic (exact) mass is 324 g/mol. The quantitative estimate of drug-likeness (QED) is 0.403. The van der Waals surface area contributed by atoms with Crippen molar-refractivity contribution in [3.8, 4) is 0 Å². The van der Waals surface area contributed by atoms with Crippen molar-refractivity contribution in [2.75, 3.05) is 32.1 Å². The molecule has 0 aliphatic carbocycles. The SMILES string of the molecule is NCCC(=O)NC1CSSC(OCCOCC(=O)O)C1. The van der Waals surface area contributed by atoms with Crippen molar-refractivity contribution in [3.05, 3.63) is 0 Å². The molecule has 2 unspecified atom stereocenters. The molecule has 4 N–H and O–H groups in total. The van der Waals surface area contributed by atoms with Gasteiger partial charge in [0.15, 0.2) is 0 Å². The molecular weight excluding hydrogens is 304 g/mol. The van der Waals surface area contributed by atoms with Crippen molar-refractivity contribution < 1.29 is 24.2 Å². The molecule has 1 rings (SSSR count). The van der Waals surface area contributed by atoms with Gasteiger partial charge in [0.1, 0.15) is 12.0 Å². The first kappa shape index (κ1) is 17.6. The number of amides is 1. The molecule has 0 aromatic carbocycles. The molecule has 1 aliphatic rings. The van der Waals surface area contributed by atoms with Crippen LogP contribution >= 0.6 is 21.6 Å². The molecule has 20 heavy (non-hydrogen) atoms. The molecule has 7 nitrogen and oxygen atoms in total. The van der Waals surface area contributed by atoms with Gasteiger partial charge in [-0.05, 0) is 0 Å². The van der Waals surface area contributed by atoms with Crippen molar-refractivity contribution in [2.45, 2.75) is 24.3 Å². The van der Waals surface area contributed by atoms with E-state index in [1.165, 1.54) is 0 Å². The summed E-state index contributed by atoms with van der Waals surface area (Å²) < 4.78 is 10.5. The minimum atomic E-state index is -0.990. The summed E-state index contributed by atoms with van der Waals surface area (Å²) in [4.78, 5) is 21.7. The van der Waals surface area contributed by atoms with Gasteiger partial charge in [0.25, 0.3) is 0 Å². The number of hydrogen-bond donors (Lipinski definition) is 3. The molecule has 116 valence electrons. The van der Waals surface area contributed by atoms with Crippen molar-refractivity contribution >= 4 is 33.5 Å². The number of carbonyl (C=O) groups is 2. The molecule has 1 saturated heterocycles. The number of nitrogens with one attached hydrogen (secondary N) is 1. The molecule has 1 fully saturated rings. The normalized spacial score (nSPS) is 22.4. The predicted octanol–water partition coefficient (Wildman–Crippen LogP) is 0.0490. The lowest BCUT2D eigenvalue weighted by Gasteiger charge is -2.28. The second-order valence-electron chi connectivity index (χ2n) is 4.17. The predicted molar refractivity (Wildman–Crippen MR) is 78.5 cm³/mol. The Kier molecular flexibility index (Phi) is 9.03. The molecule has 0 radical (unpaired) electrons. The Morgan fingerprint density at radius 3 is 2.90 bits per heavy atom. The first-order valence-corrected chi connectivity index (χ1v) is 8.69. The molecule has 9 heteroatoms. The van der Waals surface area contributed by atoms with Gasteiger partial charge in [0, 0.05) is 31.2 Å². The van der Waals surface area contributed by atoms with Crippen LogP contribution in [0, 0.1) is 0 Å². The standard InChI is InChI=1S/C11H20N2O5S2/c12-2-1-9(14)13-8-5-11(20-19-7-8)18-4-3-17-6-10(15)16/h8,11H,1-7,12H2,(H,13,14)(H,15,16). The first-order valence-electron chi connectivity index (χ1n) is 6.30. The van der Waals surface area contributed by atoms with Crippen LogP contribution < -0.4 is 11.1 Å². The Morgan fingerprint density at radius 2 is 2.20 bits per heavy atom. The van der Waals surface area contributed by atoms with Gasteiger partial charge in [-0.15, -0.1) is 0 Å². The fourth-order valence-corrected chi connectivity index (χ4v) is 4.23. The largest absolute Gasteiger partial charge is 0.480 e. The van der Waals surface area contributed by atoms with Crippen LogP contribution in [0.1, 0.15) is 12.8 Å². The van der Waals surface area contributed by atoms with Crippen LogP contribution in [-0.2, 0) is 19.1 Å². The zero-order valence-corrected chi connectivity index (χ0v) is 12.7. The van der Waals surface area contributed by atoms with Crippen LogP contribution in [-0.4, -0.2) is 60.6 Å². The average molecular weight is 324 g/mol. The zero-order valence-electron chi connectivity index (χ0n) is 11.1. The lowest BCUT2D eigenvalue weighted by Crippen LogP contribution is -2.41. The summed E-state index contributed by atoms with van der Waals surface area (Å²) >= 11 is 0. The van der Waals surface area contributed by atoms with E-state index in [4.69, 9.17) is 20.3 Å². The van der Waals surface area contributed by atoms with Crippen molar-refractivity contribution in [1.29, 1.82) is 0 Å². The topological polar surface area (TPSA) is 111 Å². The molecule has 1 heterocycles. The maximum atomic E-state index is 11.5. The average Bonchev–Trinajstić information content (AvgIpc) is 2.38. The van der Waals surface area contributed by atoms with E-state index in [1.54, 1.807) is 21.6 Å². The van der Waals surface area contributed by atoms with Crippen LogP contribution in [0.5, 0.6) is 0 Å². The minimum absolute atomic E-state index is 0.0228. The van der Waals surface area contributed by atoms with Gasteiger partial charge >= 0.3 is 5.97 Å². The van der Waals surface area contributed by atoms with Crippen LogP contribution in [0.15, 0.2) is 0 Å². The van der Waals surface area contributed by atoms with E-state index < -0.39 is 5.97 Å². The smallest absolute Gasteiger partial charge is 0.329 e. The Labute approximate surface area is 125 Å². The zero-order chi connectivity index (χ0) is 14.8. The first-order chi connectivity index (χ1) is 9.61. The van der Waals surface area contributed by atoms with Crippen LogP contribution in [0.2, 0.25) is 0 Å². The Bertz CT molecular complexity index is 319. The van der Waals surface area contributed by atoms with Gasteiger partial charge < -0.3 is 25.6 Å². The molecule has 0 saturated carbocycles. The molecule has 1 amide bonds. The summed E-state index contributed by atoms with van der Waals surface area (Å²) in [5, 5.41) is 11.3. The number of carbonyl (C=O) groups excluding carboxylic acids is 1. The Morgan fingerprint density at radius 1 is 1.40 bits per heavy atom. The Balaban J connectivity index is 2.14. The summed E-state index contributed by atoms with van der Waals surface area (Å²) in [5.41, 5.74) is 5.30. The van der Waals surface area contributed by atoms with E-state index in [2.05, 4.69) is 5.32 Å². The van der Waals surface area contributed by atoms with Gasteiger partial charge in [0.05, 0.1) is 13.2 Å². The van der Waals surface area contributed by atoms with Gasteiger partial charge in [-0.3, -0.25) is 4.79 Å². The summed E-state index contributed by atoms with van der Waals surface area (Å²) in [7, 11) is 3.27. The summed E-state index contributed by atoms with van der Waals surface area (Å²) in [5.74, 6) is -0.181. The maximum Gasteiger partial charge on any atom is 0.329 e. The highest BCUT2D eigenvalue weighted by Crippen LogP contribution is 2.36. The number of rotatable bonds is 9. The second-order valence-corrected chi connectivity index (χ2v) is 6.74. The van der Waals surface area contributed by atoms with Gasteiger partial charge in [-0.25, -0.2) is 4.79 Å². The van der Waals surface area contributed by atoms with Crippen LogP contribution in [0.4, 0.5) is 0 Å². The number of ether oxygens (including phenoxy) is 2. The molecule has 0 aromatic rings. The van der Waals surface area contributed by atoms with E-state index >= 15 is 0 Å². The van der Waals surface area contributed by atoms with E-state index in [1.807, 2.05) is 0 Å². The lowest BCUT2D eigenvalue weighted by atomic mass is 10.2. The van der Waals surface area contributed by atoms with E-state index in [0.29, 0.717) is 19.6 Å². The van der Waals surface area contributed by atoms with Crippen molar-refractivity contribution in [1.82, 2.24) is 5.32 Å². The van der Waals surface area contributed by atoms with Crippen molar-refractivity contribution in [2.24, 2.45) is 5.73 Å². The molecule has 0 bridgehead atoms. The number of hydrogen-bond acceptors (Lipinski definition) is 7. The van der Waals surface area contributed by atoms with Crippen molar-refractivity contribution in [3.63, 3.8) is 0 Å². The highest BCUT2D eigenvalue weighted by atomic mass is 33.1. The summed E-state index contributed by atoms with van der Waals surface area (Å²) in [6.07, 6.45) is 1.07. The van der Waals surface area contributed by atoms with Crippen LogP contribution in [0.25, 0.3) is 0 Å². The van der Waals surface area contributed by atoms with Gasteiger partial charge in [-0.2, -0.15) is 0 Å². The highest BCUT2D eigenvalue weighted by molar-refractivity contribution is 8.77. The third kappa shape index (κ3) is 7.95. The summed E-state index contributed by atoms with van der Waals surface area (Å²) in [6.45, 7) is 0.627. The molecule has 1 aliphatic heterocycles. The fourth-order valence-electron chi connectivity index (χ4n) is 1.56. The van der Waals surface area contributed by atoms with E-state index in [0.717, 1.165) is 12.2 Å². The number of aliphatic carboxylic acids is 1. The van der Waals surface area contributed by atoms with Gasteiger partial charge in [0.2, 0.25) is 5.91 Å². The van der Waals surface area contributed by atoms with E-state index in [9.17, 15) is 9.59 Å². The fraction of sp³-hybridized carbons (Fsp3) is 0.818. The number of nitrogens with two attached hydrogens (primary N) is 1. The maximum absolute atomic E-state index is 11.5. The third-order valence-electron chi connectivity index (χ3n) is 2.42. The molecule has 2 atom stereocenters. The lowest BCUT2D eigenvalue weighted by molar-refractivity contribution is -0.142. The minimum Gasteiger partial charge on any atom is -0.480 e.